The van der Waals surface area contributed by atoms with Crippen molar-refractivity contribution in [1.82, 2.24) is 15.1 Å². The summed E-state index contributed by atoms with van der Waals surface area (Å²) < 4.78 is 0. The number of rotatable bonds is 9. The van der Waals surface area contributed by atoms with Gasteiger partial charge in [-0.15, -0.1) is 0 Å². The third-order valence-corrected chi connectivity index (χ3v) is 7.13. The number of piperazine rings is 1. The molecule has 1 atom stereocenters. The molecule has 0 radical (unpaired) electrons. The maximum atomic E-state index is 13.7. The highest BCUT2D eigenvalue weighted by Crippen LogP contribution is 2.19. The largest absolute Gasteiger partial charge is 0.339 e. The minimum atomic E-state index is -0.253. The fourth-order valence-electron chi connectivity index (χ4n) is 4.97. The second-order valence-electron chi connectivity index (χ2n) is 9.77. The summed E-state index contributed by atoms with van der Waals surface area (Å²) in [6, 6.07) is 39.7. The summed E-state index contributed by atoms with van der Waals surface area (Å²) in [7, 11) is 0. The summed E-state index contributed by atoms with van der Waals surface area (Å²) in [4.78, 5) is 18.2. The van der Waals surface area contributed by atoms with Crippen LogP contribution in [-0.2, 0) is 24.3 Å². The molecule has 1 N–H and O–H groups in total. The van der Waals surface area contributed by atoms with E-state index in [-0.39, 0.29) is 11.9 Å². The average Bonchev–Trinajstić information content (AvgIpc) is 2.97. The van der Waals surface area contributed by atoms with Gasteiger partial charge in [0.25, 0.3) is 0 Å². The predicted octanol–water partition coefficient (Wildman–Crippen LogP) is 5.40. The minimum Gasteiger partial charge on any atom is -0.339 e. The molecule has 0 saturated carbocycles. The maximum absolute atomic E-state index is 13.7. The van der Waals surface area contributed by atoms with E-state index in [2.05, 4.69) is 101 Å². The highest BCUT2D eigenvalue weighted by Gasteiger charge is 2.27. The summed E-state index contributed by atoms with van der Waals surface area (Å²) in [5.74, 6) is 0.198. The van der Waals surface area contributed by atoms with E-state index in [1.807, 2.05) is 29.2 Å². The summed E-state index contributed by atoms with van der Waals surface area (Å²) in [6.45, 7) is 4.94. The molecular formula is C33H35N3O. The Morgan fingerprint density at radius 3 is 1.78 bits per heavy atom. The van der Waals surface area contributed by atoms with Crippen molar-refractivity contribution in [3.8, 4) is 11.1 Å². The molecule has 1 aliphatic rings. The number of nitrogens with one attached hydrogen (secondary N) is 1. The van der Waals surface area contributed by atoms with E-state index in [1.165, 1.54) is 27.8 Å². The lowest BCUT2D eigenvalue weighted by Crippen LogP contribution is -2.54. The first kappa shape index (κ1) is 24.9. The van der Waals surface area contributed by atoms with Crippen LogP contribution in [-0.4, -0.2) is 47.9 Å². The van der Waals surface area contributed by atoms with Crippen molar-refractivity contribution >= 4 is 5.91 Å². The Morgan fingerprint density at radius 1 is 0.622 bits per heavy atom. The number of amides is 1. The quantitative estimate of drug-likeness (QED) is 0.342. The number of carbonyl (C=O) groups excluding carboxylic acids is 1. The molecule has 0 spiro atoms. The molecule has 1 aliphatic heterocycles. The Balaban J connectivity index is 1.21. The van der Waals surface area contributed by atoms with Crippen molar-refractivity contribution in [1.29, 1.82) is 0 Å². The summed E-state index contributed by atoms with van der Waals surface area (Å²) >= 11 is 0. The van der Waals surface area contributed by atoms with Gasteiger partial charge in [-0.1, -0.05) is 115 Å². The summed E-state index contributed by atoms with van der Waals surface area (Å²) in [5.41, 5.74) is 6.10. The van der Waals surface area contributed by atoms with Gasteiger partial charge in [-0.3, -0.25) is 9.69 Å². The Kier molecular flexibility index (Phi) is 8.42. The molecule has 4 heteroatoms. The van der Waals surface area contributed by atoms with Crippen LogP contribution in [0.1, 0.15) is 16.7 Å². The average molecular weight is 490 g/mol. The van der Waals surface area contributed by atoms with Gasteiger partial charge >= 0.3 is 0 Å². The van der Waals surface area contributed by atoms with Crippen LogP contribution in [0, 0.1) is 0 Å². The lowest BCUT2D eigenvalue weighted by atomic mass is 10.0. The molecule has 188 valence electrons. The van der Waals surface area contributed by atoms with Crippen molar-refractivity contribution in [3.63, 3.8) is 0 Å². The van der Waals surface area contributed by atoms with Crippen LogP contribution in [0.2, 0.25) is 0 Å². The van der Waals surface area contributed by atoms with Crippen LogP contribution in [0.3, 0.4) is 0 Å². The summed E-state index contributed by atoms with van der Waals surface area (Å²) in [5, 5.41) is 3.59. The lowest BCUT2D eigenvalue weighted by molar-refractivity contribution is -0.135. The van der Waals surface area contributed by atoms with Crippen molar-refractivity contribution in [2.75, 3.05) is 26.2 Å². The number of hydrogen-bond acceptors (Lipinski definition) is 3. The molecule has 5 rings (SSSR count). The van der Waals surface area contributed by atoms with E-state index < -0.39 is 0 Å². The number of benzene rings is 4. The van der Waals surface area contributed by atoms with E-state index in [1.54, 1.807) is 0 Å². The predicted molar refractivity (Wildman–Crippen MR) is 151 cm³/mol. The molecule has 1 fully saturated rings. The SMILES string of the molecule is O=C([C@H](Cc1ccccc1)NCc1ccc(-c2ccccc2)cc1)N1CCN(Cc2ccccc2)CC1. The van der Waals surface area contributed by atoms with Gasteiger partial charge in [0.15, 0.2) is 0 Å². The standard InChI is InChI=1S/C33H35N3O/c37-33(36-22-20-35(21-23-36)26-29-12-6-2-7-13-29)32(24-27-10-4-1-5-11-27)34-25-28-16-18-31(19-17-28)30-14-8-3-9-15-30/h1-19,32,34H,20-26H2/t32-/m0/s1. The summed E-state index contributed by atoms with van der Waals surface area (Å²) in [6.07, 6.45) is 0.687. The first-order valence-electron chi connectivity index (χ1n) is 13.2. The number of nitrogens with zero attached hydrogens (tertiary/aromatic N) is 2. The molecule has 0 aromatic heterocycles. The molecule has 37 heavy (non-hydrogen) atoms. The van der Waals surface area contributed by atoms with E-state index >= 15 is 0 Å². The zero-order valence-corrected chi connectivity index (χ0v) is 21.3. The third-order valence-electron chi connectivity index (χ3n) is 7.13. The Labute approximate surface area is 220 Å². The minimum absolute atomic E-state index is 0.198. The van der Waals surface area contributed by atoms with Gasteiger partial charge in [-0.05, 0) is 34.2 Å². The molecule has 0 bridgehead atoms. The highest BCUT2D eigenvalue weighted by atomic mass is 16.2. The van der Waals surface area contributed by atoms with Crippen LogP contribution in [0.25, 0.3) is 11.1 Å². The van der Waals surface area contributed by atoms with Crippen LogP contribution in [0.15, 0.2) is 115 Å². The molecule has 1 amide bonds. The van der Waals surface area contributed by atoms with E-state index in [9.17, 15) is 4.79 Å². The molecule has 0 unspecified atom stereocenters. The molecule has 4 aromatic rings. The maximum Gasteiger partial charge on any atom is 0.240 e. The van der Waals surface area contributed by atoms with Crippen LogP contribution < -0.4 is 5.32 Å². The lowest BCUT2D eigenvalue weighted by Gasteiger charge is -2.36. The molecule has 0 aliphatic carbocycles. The normalized spacial score (nSPS) is 14.9. The fourth-order valence-corrected chi connectivity index (χ4v) is 4.97. The van der Waals surface area contributed by atoms with Crippen LogP contribution in [0.4, 0.5) is 0 Å². The smallest absolute Gasteiger partial charge is 0.240 e. The van der Waals surface area contributed by atoms with Gasteiger partial charge in [-0.2, -0.15) is 0 Å². The van der Waals surface area contributed by atoms with E-state index in [4.69, 9.17) is 0 Å². The van der Waals surface area contributed by atoms with E-state index in [0.29, 0.717) is 13.0 Å². The third kappa shape index (κ3) is 6.94. The van der Waals surface area contributed by atoms with Gasteiger partial charge in [0.05, 0.1) is 6.04 Å². The first-order chi connectivity index (χ1) is 18.2. The molecule has 1 saturated heterocycles. The van der Waals surface area contributed by atoms with Crippen LogP contribution in [0.5, 0.6) is 0 Å². The topological polar surface area (TPSA) is 35.6 Å². The van der Waals surface area contributed by atoms with Gasteiger partial charge < -0.3 is 10.2 Å². The molecule has 4 nitrogen and oxygen atoms in total. The number of carbonyl (C=O) groups is 1. The van der Waals surface area contributed by atoms with Gasteiger partial charge in [0, 0.05) is 39.3 Å². The van der Waals surface area contributed by atoms with Crippen LogP contribution >= 0.6 is 0 Å². The molecule has 1 heterocycles. The van der Waals surface area contributed by atoms with Gasteiger partial charge in [0.2, 0.25) is 5.91 Å². The van der Waals surface area contributed by atoms with Gasteiger partial charge in [-0.25, -0.2) is 0 Å². The Bertz CT molecular complexity index is 1240. The highest BCUT2D eigenvalue weighted by molar-refractivity contribution is 5.82. The van der Waals surface area contributed by atoms with E-state index in [0.717, 1.165) is 32.7 Å². The first-order valence-corrected chi connectivity index (χ1v) is 13.2. The molecule has 4 aromatic carbocycles. The second-order valence-corrected chi connectivity index (χ2v) is 9.77. The zero-order valence-electron chi connectivity index (χ0n) is 21.3. The Morgan fingerprint density at radius 2 is 1.16 bits per heavy atom. The van der Waals surface area contributed by atoms with Crippen molar-refractivity contribution in [3.05, 3.63) is 132 Å². The fraction of sp³-hybridized carbons (Fsp3) is 0.242. The van der Waals surface area contributed by atoms with Gasteiger partial charge in [0.1, 0.15) is 0 Å². The van der Waals surface area contributed by atoms with Crippen molar-refractivity contribution < 1.29 is 4.79 Å². The van der Waals surface area contributed by atoms with Crippen molar-refractivity contribution in [2.45, 2.75) is 25.6 Å². The second kappa shape index (κ2) is 12.5. The zero-order chi connectivity index (χ0) is 25.3. The monoisotopic (exact) mass is 489 g/mol. The Hall–Kier alpha value is -3.73. The molecular weight excluding hydrogens is 454 g/mol. The van der Waals surface area contributed by atoms with Crippen molar-refractivity contribution in [2.24, 2.45) is 0 Å². The number of hydrogen-bond donors (Lipinski definition) is 1.